The molecule has 1 aromatic heterocycles. The first-order valence-corrected chi connectivity index (χ1v) is 11.3. The maximum Gasteiger partial charge on any atom is 0.239 e. The molecular formula is C25H33N3OS. The molecule has 1 amide bonds. The monoisotopic (exact) mass is 423 g/mol. The molecular weight excluding hydrogens is 390 g/mol. The topological polar surface area (TPSA) is 44.4 Å². The minimum Gasteiger partial charge on any atom is -0.376 e. The maximum atomic E-state index is 12.2. The minimum absolute atomic E-state index is 0.00132. The normalized spacial score (nSPS) is 11.4. The predicted octanol–water partition coefficient (Wildman–Crippen LogP) is 4.87. The van der Waals surface area contributed by atoms with Crippen molar-refractivity contribution in [1.29, 1.82) is 0 Å². The van der Waals surface area contributed by atoms with Crippen molar-refractivity contribution in [3.05, 3.63) is 53.2 Å². The van der Waals surface area contributed by atoms with Gasteiger partial charge in [-0.2, -0.15) is 11.3 Å². The van der Waals surface area contributed by atoms with Gasteiger partial charge in [0.15, 0.2) is 0 Å². The number of nitrogens with one attached hydrogen (secondary N) is 2. The molecule has 4 nitrogen and oxygen atoms in total. The second kappa shape index (κ2) is 12.2. The van der Waals surface area contributed by atoms with Gasteiger partial charge in [-0.25, -0.2) is 0 Å². The standard InChI is InChI=1S/C25H33N3OS/c1-5-28(15-8-6-7-13-25(2,3)4)16-14-26-24(29)19-27-23-11-9-10-21(18-23)22-12-17-30-20-22/h6,8-12,17-18,20,27H,5,14-16,19H2,1-4H3,(H,26,29)/b8-6+. The van der Waals surface area contributed by atoms with E-state index in [-0.39, 0.29) is 17.9 Å². The maximum absolute atomic E-state index is 12.2. The molecule has 2 N–H and O–H groups in total. The van der Waals surface area contributed by atoms with Crippen molar-refractivity contribution in [1.82, 2.24) is 10.2 Å². The highest BCUT2D eigenvalue weighted by Crippen LogP contribution is 2.24. The fourth-order valence-electron chi connectivity index (χ4n) is 2.73. The Kier molecular flexibility index (Phi) is 9.66. The van der Waals surface area contributed by atoms with E-state index in [1.54, 1.807) is 11.3 Å². The molecule has 0 atom stereocenters. The zero-order valence-electron chi connectivity index (χ0n) is 18.5. The average molecular weight is 424 g/mol. The van der Waals surface area contributed by atoms with E-state index in [1.165, 1.54) is 5.56 Å². The highest BCUT2D eigenvalue weighted by atomic mass is 32.1. The van der Waals surface area contributed by atoms with Gasteiger partial charge in [0.25, 0.3) is 0 Å². The molecule has 2 rings (SSSR count). The lowest BCUT2D eigenvalue weighted by atomic mass is 9.98. The molecule has 0 unspecified atom stereocenters. The van der Waals surface area contributed by atoms with Crippen molar-refractivity contribution in [2.45, 2.75) is 27.7 Å². The van der Waals surface area contributed by atoms with E-state index in [0.717, 1.165) is 30.9 Å². The number of rotatable bonds is 10. The lowest BCUT2D eigenvalue weighted by Crippen LogP contribution is -2.37. The van der Waals surface area contributed by atoms with Crippen molar-refractivity contribution in [3.8, 4) is 23.0 Å². The molecule has 0 aliphatic rings. The Morgan fingerprint density at radius 2 is 2.07 bits per heavy atom. The number of benzene rings is 1. The first-order chi connectivity index (χ1) is 14.4. The van der Waals surface area contributed by atoms with Crippen LogP contribution < -0.4 is 10.6 Å². The third kappa shape index (κ3) is 9.30. The zero-order valence-corrected chi connectivity index (χ0v) is 19.3. The smallest absolute Gasteiger partial charge is 0.239 e. The number of hydrogen-bond acceptors (Lipinski definition) is 4. The molecule has 0 bridgehead atoms. The van der Waals surface area contributed by atoms with Crippen LogP contribution in [0.4, 0.5) is 5.69 Å². The highest BCUT2D eigenvalue weighted by molar-refractivity contribution is 7.08. The fraction of sp³-hybridized carbons (Fsp3) is 0.400. The lowest BCUT2D eigenvalue weighted by molar-refractivity contribution is -0.119. The highest BCUT2D eigenvalue weighted by Gasteiger charge is 2.05. The Morgan fingerprint density at radius 1 is 1.23 bits per heavy atom. The molecule has 0 fully saturated rings. The van der Waals surface area contributed by atoms with Crippen LogP contribution in [0.25, 0.3) is 11.1 Å². The summed E-state index contributed by atoms with van der Waals surface area (Å²) in [5.41, 5.74) is 3.33. The molecule has 0 saturated heterocycles. The van der Waals surface area contributed by atoms with Crippen LogP contribution in [-0.2, 0) is 4.79 Å². The number of likely N-dealkylation sites (N-methyl/N-ethyl adjacent to an activating group) is 1. The van der Waals surface area contributed by atoms with Crippen LogP contribution in [0, 0.1) is 17.3 Å². The average Bonchev–Trinajstić information content (AvgIpc) is 3.25. The van der Waals surface area contributed by atoms with E-state index in [9.17, 15) is 4.79 Å². The van der Waals surface area contributed by atoms with Crippen LogP contribution in [0.3, 0.4) is 0 Å². The second-order valence-electron chi connectivity index (χ2n) is 8.11. The molecule has 0 saturated carbocycles. The predicted molar refractivity (Wildman–Crippen MR) is 130 cm³/mol. The Labute approximate surface area is 185 Å². The number of carbonyl (C=O) groups excluding carboxylic acids is 1. The van der Waals surface area contributed by atoms with E-state index in [4.69, 9.17) is 0 Å². The van der Waals surface area contributed by atoms with Crippen LogP contribution in [0.2, 0.25) is 0 Å². The molecule has 0 aliphatic heterocycles. The molecule has 0 spiro atoms. The van der Waals surface area contributed by atoms with Gasteiger partial charge < -0.3 is 10.6 Å². The van der Waals surface area contributed by atoms with Gasteiger partial charge in [-0.1, -0.05) is 37.0 Å². The molecule has 5 heteroatoms. The van der Waals surface area contributed by atoms with E-state index in [1.807, 2.05) is 18.2 Å². The molecule has 0 aliphatic carbocycles. The van der Waals surface area contributed by atoms with Crippen LogP contribution in [-0.4, -0.2) is 43.5 Å². The van der Waals surface area contributed by atoms with Gasteiger partial charge in [-0.15, -0.1) is 0 Å². The Balaban J connectivity index is 1.69. The number of amides is 1. The number of hydrogen-bond donors (Lipinski definition) is 2. The van der Waals surface area contributed by atoms with Gasteiger partial charge >= 0.3 is 0 Å². The molecule has 1 aromatic carbocycles. The quantitative estimate of drug-likeness (QED) is 0.536. The van der Waals surface area contributed by atoms with E-state index < -0.39 is 0 Å². The number of carbonyl (C=O) groups is 1. The number of thiophene rings is 1. The van der Waals surface area contributed by atoms with Gasteiger partial charge in [0.05, 0.1) is 6.54 Å². The fourth-order valence-corrected chi connectivity index (χ4v) is 3.40. The number of anilines is 1. The summed E-state index contributed by atoms with van der Waals surface area (Å²) in [4.78, 5) is 14.4. The van der Waals surface area contributed by atoms with Gasteiger partial charge in [0.2, 0.25) is 5.91 Å². The minimum atomic E-state index is -0.00132. The largest absolute Gasteiger partial charge is 0.376 e. The summed E-state index contributed by atoms with van der Waals surface area (Å²) >= 11 is 1.68. The summed E-state index contributed by atoms with van der Waals surface area (Å²) in [6.07, 6.45) is 3.99. The van der Waals surface area contributed by atoms with Gasteiger partial charge in [-0.3, -0.25) is 9.69 Å². The Morgan fingerprint density at radius 3 is 2.77 bits per heavy atom. The zero-order chi connectivity index (χ0) is 21.8. The molecule has 160 valence electrons. The molecule has 1 heterocycles. The summed E-state index contributed by atoms with van der Waals surface area (Å²) in [6.45, 7) is 11.9. The summed E-state index contributed by atoms with van der Waals surface area (Å²) in [6, 6.07) is 10.2. The summed E-state index contributed by atoms with van der Waals surface area (Å²) in [7, 11) is 0. The van der Waals surface area contributed by atoms with E-state index in [0.29, 0.717) is 6.54 Å². The summed E-state index contributed by atoms with van der Waals surface area (Å²) in [5, 5.41) is 10.4. The van der Waals surface area contributed by atoms with Crippen molar-refractivity contribution < 1.29 is 4.79 Å². The van der Waals surface area contributed by atoms with E-state index >= 15 is 0 Å². The summed E-state index contributed by atoms with van der Waals surface area (Å²) in [5.74, 6) is 6.28. The number of nitrogens with zero attached hydrogens (tertiary/aromatic N) is 1. The third-order valence-corrected chi connectivity index (χ3v) is 5.06. The van der Waals surface area contributed by atoms with Crippen LogP contribution in [0.15, 0.2) is 53.2 Å². The van der Waals surface area contributed by atoms with Gasteiger partial charge in [0.1, 0.15) is 0 Å². The summed E-state index contributed by atoms with van der Waals surface area (Å²) < 4.78 is 0. The lowest BCUT2D eigenvalue weighted by Gasteiger charge is -2.18. The molecule has 2 aromatic rings. The van der Waals surface area contributed by atoms with Crippen LogP contribution in [0.5, 0.6) is 0 Å². The SMILES string of the molecule is CCN(C/C=C/C#CC(C)(C)C)CCNC(=O)CNc1cccc(-c2ccsc2)c1. The van der Waals surface area contributed by atoms with Crippen molar-refractivity contribution in [2.24, 2.45) is 5.41 Å². The first kappa shape index (κ1) is 23.7. The molecule has 30 heavy (non-hydrogen) atoms. The number of allylic oxidation sites excluding steroid dienone is 1. The van der Waals surface area contributed by atoms with Crippen molar-refractivity contribution >= 4 is 22.9 Å². The van der Waals surface area contributed by atoms with Crippen LogP contribution >= 0.6 is 11.3 Å². The van der Waals surface area contributed by atoms with Gasteiger partial charge in [-0.05, 0) is 73.5 Å². The Hall–Kier alpha value is -2.55. The van der Waals surface area contributed by atoms with Crippen molar-refractivity contribution in [3.63, 3.8) is 0 Å². The molecule has 0 radical (unpaired) electrons. The first-order valence-electron chi connectivity index (χ1n) is 10.4. The Bertz CT molecular complexity index is 870. The third-order valence-electron chi connectivity index (χ3n) is 4.38. The van der Waals surface area contributed by atoms with E-state index in [2.05, 4.69) is 90.1 Å². The van der Waals surface area contributed by atoms with Gasteiger partial charge in [0, 0.05) is 30.7 Å². The second-order valence-corrected chi connectivity index (χ2v) is 8.89. The van der Waals surface area contributed by atoms with Crippen LogP contribution in [0.1, 0.15) is 27.7 Å². The van der Waals surface area contributed by atoms with Crippen molar-refractivity contribution in [2.75, 3.05) is 38.0 Å².